The quantitative estimate of drug-likeness (QED) is 0.883. The van der Waals surface area contributed by atoms with Crippen molar-refractivity contribution in [2.24, 2.45) is 11.8 Å². The lowest BCUT2D eigenvalue weighted by Crippen LogP contribution is -2.34. The number of halogens is 1. The van der Waals surface area contributed by atoms with Crippen LogP contribution in [0.5, 0.6) is 0 Å². The van der Waals surface area contributed by atoms with Crippen LogP contribution in [0.4, 0.5) is 0 Å². The number of carbonyl (C=O) groups is 1. The Bertz CT molecular complexity index is 672. The van der Waals surface area contributed by atoms with E-state index in [2.05, 4.69) is 15.5 Å². The number of hydrogen-bond acceptors (Lipinski definition) is 3. The van der Waals surface area contributed by atoms with E-state index in [1.165, 1.54) is 0 Å². The maximum absolute atomic E-state index is 12.6. The molecule has 2 aromatic rings. The number of nitrogens with one attached hydrogen (secondary N) is 2. The molecule has 23 heavy (non-hydrogen) atoms. The van der Waals surface area contributed by atoms with Crippen molar-refractivity contribution < 1.29 is 4.79 Å². The van der Waals surface area contributed by atoms with Crippen LogP contribution in [-0.2, 0) is 11.2 Å². The third-order valence-electron chi connectivity index (χ3n) is 5.24. The van der Waals surface area contributed by atoms with Gasteiger partial charge in [0.05, 0.1) is 17.6 Å². The number of aromatic nitrogens is 2. The number of hydrogen-bond donors (Lipinski definition) is 2. The average molecular weight is 335 g/mol. The molecule has 2 fully saturated rings. The summed E-state index contributed by atoms with van der Waals surface area (Å²) >= 11 is 0. The third-order valence-corrected chi connectivity index (χ3v) is 5.24. The lowest BCUT2D eigenvalue weighted by atomic mass is 9.92. The highest BCUT2D eigenvalue weighted by atomic mass is 35.5. The van der Waals surface area contributed by atoms with Gasteiger partial charge in [-0.1, -0.05) is 18.2 Å². The SMILES string of the molecule is Cl.O=C(Cc1[nH]nc2ccccc12)N1CC[C@@H]2CNC[C@@H]2CC1. The molecule has 0 unspecified atom stereocenters. The summed E-state index contributed by atoms with van der Waals surface area (Å²) in [6, 6.07) is 7.96. The first-order valence-corrected chi connectivity index (χ1v) is 8.22. The number of rotatable bonds is 2. The Hall–Kier alpha value is -1.59. The average Bonchev–Trinajstić information content (AvgIpc) is 3.10. The van der Waals surface area contributed by atoms with E-state index < -0.39 is 0 Å². The molecule has 2 atom stereocenters. The third kappa shape index (κ3) is 3.21. The van der Waals surface area contributed by atoms with Crippen LogP contribution in [0, 0.1) is 11.8 Å². The molecule has 4 rings (SSSR count). The minimum atomic E-state index is 0. The van der Waals surface area contributed by atoms with E-state index in [1.807, 2.05) is 29.2 Å². The van der Waals surface area contributed by atoms with E-state index in [-0.39, 0.29) is 18.3 Å². The molecule has 0 aliphatic carbocycles. The molecule has 0 spiro atoms. The van der Waals surface area contributed by atoms with Gasteiger partial charge >= 0.3 is 0 Å². The van der Waals surface area contributed by atoms with Crippen LogP contribution in [-0.4, -0.2) is 47.2 Å². The van der Waals surface area contributed by atoms with E-state index in [9.17, 15) is 4.79 Å². The molecule has 3 heterocycles. The summed E-state index contributed by atoms with van der Waals surface area (Å²) in [6.45, 7) is 4.04. The van der Waals surface area contributed by atoms with Crippen LogP contribution in [0.2, 0.25) is 0 Å². The molecule has 1 aromatic carbocycles. The van der Waals surface area contributed by atoms with Crippen molar-refractivity contribution in [1.82, 2.24) is 20.4 Å². The second kappa shape index (κ2) is 6.89. The number of carbonyl (C=O) groups excluding carboxylic acids is 1. The van der Waals surface area contributed by atoms with Gasteiger partial charge < -0.3 is 10.2 Å². The second-order valence-corrected chi connectivity index (χ2v) is 6.53. The van der Waals surface area contributed by atoms with Gasteiger partial charge in [-0.15, -0.1) is 12.4 Å². The zero-order valence-electron chi connectivity index (χ0n) is 13.1. The zero-order chi connectivity index (χ0) is 14.9. The molecule has 2 aliphatic rings. The minimum absolute atomic E-state index is 0. The fraction of sp³-hybridized carbons (Fsp3) is 0.529. The molecule has 6 heteroatoms. The molecule has 5 nitrogen and oxygen atoms in total. The standard InChI is InChI=1S/C17H22N4O.ClH/c22-17(9-16-14-3-1-2-4-15(14)19-20-16)21-7-5-12-10-18-11-13(12)6-8-21;/h1-4,12-13,18H,5-11H2,(H,19,20);1H/t12-,13+;. The Balaban J connectivity index is 0.00000156. The highest BCUT2D eigenvalue weighted by molar-refractivity contribution is 5.87. The van der Waals surface area contributed by atoms with E-state index in [1.54, 1.807) is 0 Å². The molecule has 0 saturated carbocycles. The first kappa shape index (κ1) is 16.3. The summed E-state index contributed by atoms with van der Waals surface area (Å²) in [4.78, 5) is 14.7. The van der Waals surface area contributed by atoms with Gasteiger partial charge in [0, 0.05) is 18.5 Å². The van der Waals surface area contributed by atoms with Gasteiger partial charge in [0.1, 0.15) is 0 Å². The second-order valence-electron chi connectivity index (χ2n) is 6.53. The van der Waals surface area contributed by atoms with E-state index in [0.29, 0.717) is 6.42 Å². The highest BCUT2D eigenvalue weighted by Crippen LogP contribution is 2.27. The van der Waals surface area contributed by atoms with Gasteiger partial charge in [-0.3, -0.25) is 9.89 Å². The number of nitrogens with zero attached hydrogens (tertiary/aromatic N) is 2. The summed E-state index contributed by atoms with van der Waals surface area (Å²) in [5.41, 5.74) is 1.87. The van der Waals surface area contributed by atoms with Gasteiger partial charge in [0.25, 0.3) is 0 Å². The van der Waals surface area contributed by atoms with Crippen molar-refractivity contribution in [3.05, 3.63) is 30.0 Å². The van der Waals surface area contributed by atoms with Gasteiger partial charge in [0.15, 0.2) is 0 Å². The van der Waals surface area contributed by atoms with E-state index in [4.69, 9.17) is 0 Å². The van der Waals surface area contributed by atoms with E-state index in [0.717, 1.165) is 67.5 Å². The highest BCUT2D eigenvalue weighted by Gasteiger charge is 2.31. The van der Waals surface area contributed by atoms with Crippen LogP contribution in [0.25, 0.3) is 10.9 Å². The van der Waals surface area contributed by atoms with Crippen LogP contribution in [0.15, 0.2) is 24.3 Å². The molecule has 124 valence electrons. The molecule has 2 saturated heterocycles. The van der Waals surface area contributed by atoms with Gasteiger partial charge in [0.2, 0.25) is 5.91 Å². The largest absolute Gasteiger partial charge is 0.342 e. The fourth-order valence-corrected chi connectivity index (χ4v) is 3.88. The predicted molar refractivity (Wildman–Crippen MR) is 92.7 cm³/mol. The lowest BCUT2D eigenvalue weighted by Gasteiger charge is -2.20. The Morgan fingerprint density at radius 3 is 2.61 bits per heavy atom. The lowest BCUT2D eigenvalue weighted by molar-refractivity contribution is -0.130. The maximum Gasteiger partial charge on any atom is 0.228 e. The molecular weight excluding hydrogens is 312 g/mol. The van der Waals surface area contributed by atoms with Gasteiger partial charge in [-0.2, -0.15) is 5.10 Å². The van der Waals surface area contributed by atoms with Crippen LogP contribution in [0.3, 0.4) is 0 Å². The molecule has 2 N–H and O–H groups in total. The summed E-state index contributed by atoms with van der Waals surface area (Å²) in [6.07, 6.45) is 2.69. The number of fused-ring (bicyclic) bond motifs is 2. The molecule has 0 bridgehead atoms. The molecule has 1 amide bonds. The summed E-state index contributed by atoms with van der Waals surface area (Å²) in [5.74, 6) is 1.74. The van der Waals surface area contributed by atoms with Crippen LogP contribution >= 0.6 is 12.4 Å². The predicted octanol–water partition coefficient (Wildman–Crippen LogP) is 1.99. The number of para-hydroxylation sites is 1. The van der Waals surface area contributed by atoms with Crippen LogP contribution in [0.1, 0.15) is 18.5 Å². The normalized spacial score (nSPS) is 24.1. The Morgan fingerprint density at radius 2 is 1.87 bits per heavy atom. The van der Waals surface area contributed by atoms with Gasteiger partial charge in [-0.25, -0.2) is 0 Å². The minimum Gasteiger partial charge on any atom is -0.342 e. The first-order valence-electron chi connectivity index (χ1n) is 8.22. The first-order chi connectivity index (χ1) is 10.8. The number of aromatic amines is 1. The van der Waals surface area contributed by atoms with Crippen molar-refractivity contribution >= 4 is 29.2 Å². The Morgan fingerprint density at radius 1 is 1.17 bits per heavy atom. The van der Waals surface area contributed by atoms with Gasteiger partial charge in [-0.05, 0) is 43.8 Å². The van der Waals surface area contributed by atoms with Crippen molar-refractivity contribution in [3.8, 4) is 0 Å². The monoisotopic (exact) mass is 334 g/mol. The Labute approximate surface area is 142 Å². The molecule has 0 radical (unpaired) electrons. The Kier molecular flexibility index (Phi) is 4.87. The van der Waals surface area contributed by atoms with Crippen LogP contribution < -0.4 is 5.32 Å². The number of H-pyrrole nitrogens is 1. The number of benzene rings is 1. The maximum atomic E-state index is 12.6. The van der Waals surface area contributed by atoms with Crippen molar-refractivity contribution in [3.63, 3.8) is 0 Å². The smallest absolute Gasteiger partial charge is 0.228 e. The fourth-order valence-electron chi connectivity index (χ4n) is 3.88. The molecule has 1 aromatic heterocycles. The van der Waals surface area contributed by atoms with Crippen molar-refractivity contribution in [1.29, 1.82) is 0 Å². The number of amides is 1. The molecule has 2 aliphatic heterocycles. The summed E-state index contributed by atoms with van der Waals surface area (Å²) < 4.78 is 0. The number of likely N-dealkylation sites (tertiary alicyclic amines) is 1. The van der Waals surface area contributed by atoms with Crippen molar-refractivity contribution in [2.45, 2.75) is 19.3 Å². The zero-order valence-corrected chi connectivity index (χ0v) is 13.9. The van der Waals surface area contributed by atoms with E-state index >= 15 is 0 Å². The molecular formula is C17H23ClN4O. The summed E-state index contributed by atoms with van der Waals surface area (Å²) in [7, 11) is 0. The van der Waals surface area contributed by atoms with Crippen molar-refractivity contribution in [2.75, 3.05) is 26.2 Å². The topological polar surface area (TPSA) is 61.0 Å². The summed E-state index contributed by atoms with van der Waals surface area (Å²) in [5, 5.41) is 11.8.